The highest BCUT2D eigenvalue weighted by Crippen LogP contribution is 2.36. The Balaban J connectivity index is 1.37. The third-order valence-electron chi connectivity index (χ3n) is 5.59. The summed E-state index contributed by atoms with van der Waals surface area (Å²) in [5.41, 5.74) is 5.81. The fraction of sp³-hybridized carbons (Fsp3) is 0.231. The maximum Gasteiger partial charge on any atom is 0.222 e. The summed E-state index contributed by atoms with van der Waals surface area (Å²) < 4.78 is 11.2. The van der Waals surface area contributed by atoms with Crippen LogP contribution in [0.5, 0.6) is 5.75 Å². The summed E-state index contributed by atoms with van der Waals surface area (Å²) in [5, 5.41) is 7.16. The Morgan fingerprint density at radius 2 is 1.74 bits per heavy atom. The molecule has 1 atom stereocenters. The monoisotopic (exact) mass is 411 g/mol. The van der Waals surface area contributed by atoms with Gasteiger partial charge in [-0.1, -0.05) is 48.0 Å². The van der Waals surface area contributed by atoms with E-state index in [9.17, 15) is 0 Å². The highest BCUT2D eigenvalue weighted by molar-refractivity contribution is 6.03. The highest BCUT2D eigenvalue weighted by Gasteiger charge is 2.29. The molecule has 0 saturated heterocycles. The van der Waals surface area contributed by atoms with Gasteiger partial charge in [0.2, 0.25) is 5.90 Å². The lowest BCUT2D eigenvalue weighted by atomic mass is 9.97. The summed E-state index contributed by atoms with van der Waals surface area (Å²) in [4.78, 5) is 4.26. The summed E-state index contributed by atoms with van der Waals surface area (Å²) in [7, 11) is 0. The predicted molar refractivity (Wildman–Crippen MR) is 124 cm³/mol. The minimum Gasteiger partial charge on any atom is -0.484 e. The first kappa shape index (κ1) is 19.4. The smallest absolute Gasteiger partial charge is 0.222 e. The Kier molecular flexibility index (Phi) is 5.40. The van der Waals surface area contributed by atoms with Crippen molar-refractivity contribution in [2.24, 2.45) is 10.1 Å². The Labute approximate surface area is 182 Å². The van der Waals surface area contributed by atoms with Crippen LogP contribution in [0.4, 0.5) is 5.69 Å². The molecule has 156 valence electrons. The van der Waals surface area contributed by atoms with Crippen LogP contribution in [0, 0.1) is 6.92 Å². The van der Waals surface area contributed by atoms with Crippen molar-refractivity contribution >= 4 is 17.3 Å². The number of benzene rings is 3. The quantitative estimate of drug-likeness (QED) is 0.563. The molecule has 0 amide bonds. The van der Waals surface area contributed by atoms with Crippen molar-refractivity contribution in [3.8, 4) is 5.75 Å². The number of hydrazone groups is 1. The molecule has 0 bridgehead atoms. The van der Waals surface area contributed by atoms with Gasteiger partial charge in [-0.2, -0.15) is 5.10 Å². The van der Waals surface area contributed by atoms with Crippen molar-refractivity contribution in [1.29, 1.82) is 0 Å². The molecule has 0 N–H and O–H groups in total. The number of nitrogens with zero attached hydrogens (tertiary/aromatic N) is 3. The average Bonchev–Trinajstić information content (AvgIpc) is 3.50. The number of aliphatic imine (C=N–C) groups is 1. The average molecular weight is 412 g/mol. The molecule has 5 rings (SSSR count). The van der Waals surface area contributed by atoms with E-state index in [4.69, 9.17) is 14.6 Å². The molecule has 5 nitrogen and oxygen atoms in total. The predicted octanol–water partition coefficient (Wildman–Crippen LogP) is 5.16. The molecule has 0 aromatic heterocycles. The van der Waals surface area contributed by atoms with E-state index in [0.29, 0.717) is 19.1 Å². The van der Waals surface area contributed by atoms with E-state index in [-0.39, 0.29) is 6.04 Å². The Bertz CT molecular complexity index is 1090. The zero-order valence-electron chi connectivity index (χ0n) is 17.6. The van der Waals surface area contributed by atoms with Crippen LogP contribution in [0.25, 0.3) is 0 Å². The van der Waals surface area contributed by atoms with Crippen LogP contribution in [-0.4, -0.2) is 31.4 Å². The second-order valence-electron chi connectivity index (χ2n) is 7.79. The van der Waals surface area contributed by atoms with Crippen LogP contribution < -0.4 is 9.75 Å². The van der Waals surface area contributed by atoms with Crippen molar-refractivity contribution < 1.29 is 9.47 Å². The van der Waals surface area contributed by atoms with E-state index in [1.54, 1.807) is 0 Å². The largest absolute Gasteiger partial charge is 0.484 e. The molecule has 0 saturated carbocycles. The molecule has 0 radical (unpaired) electrons. The van der Waals surface area contributed by atoms with E-state index < -0.39 is 0 Å². The second-order valence-corrected chi connectivity index (χ2v) is 7.79. The first-order chi connectivity index (χ1) is 15.3. The van der Waals surface area contributed by atoms with Gasteiger partial charge in [-0.3, -0.25) is 5.01 Å². The summed E-state index contributed by atoms with van der Waals surface area (Å²) in [6.07, 6.45) is 0.850. The van der Waals surface area contributed by atoms with E-state index >= 15 is 0 Å². The molecule has 1 unspecified atom stereocenters. The zero-order valence-corrected chi connectivity index (χ0v) is 17.6. The number of hydrogen-bond donors (Lipinski definition) is 0. The lowest BCUT2D eigenvalue weighted by Gasteiger charge is -2.24. The molecule has 0 aliphatic carbocycles. The van der Waals surface area contributed by atoms with Gasteiger partial charge < -0.3 is 9.47 Å². The zero-order chi connectivity index (χ0) is 21.0. The number of hydrogen-bond acceptors (Lipinski definition) is 5. The number of para-hydroxylation sites is 1. The fourth-order valence-corrected chi connectivity index (χ4v) is 3.91. The van der Waals surface area contributed by atoms with E-state index in [2.05, 4.69) is 77.6 Å². The minimum absolute atomic E-state index is 0.173. The van der Waals surface area contributed by atoms with Gasteiger partial charge in [0, 0.05) is 6.42 Å². The highest BCUT2D eigenvalue weighted by atomic mass is 16.5. The van der Waals surface area contributed by atoms with Gasteiger partial charge in [0.05, 0.1) is 24.0 Å². The van der Waals surface area contributed by atoms with Crippen molar-refractivity contribution in [1.82, 2.24) is 0 Å². The molecule has 0 fully saturated rings. The number of anilines is 1. The maximum atomic E-state index is 5.79. The van der Waals surface area contributed by atoms with Gasteiger partial charge in [-0.25, -0.2) is 4.99 Å². The maximum absolute atomic E-state index is 5.79. The van der Waals surface area contributed by atoms with Crippen LogP contribution in [0.15, 0.2) is 89.0 Å². The second kappa shape index (κ2) is 8.64. The van der Waals surface area contributed by atoms with Gasteiger partial charge in [0.25, 0.3) is 0 Å². The van der Waals surface area contributed by atoms with Crippen LogP contribution in [-0.2, 0) is 4.74 Å². The van der Waals surface area contributed by atoms with Crippen LogP contribution in [0.3, 0.4) is 0 Å². The summed E-state index contributed by atoms with van der Waals surface area (Å²) in [6.45, 7) is 3.86. The molecule has 31 heavy (non-hydrogen) atoms. The van der Waals surface area contributed by atoms with Crippen molar-refractivity contribution in [3.63, 3.8) is 0 Å². The standard InChI is InChI=1S/C26H25N3O2/c1-19-7-9-21(10-8-19)25-17-24(28-29(25)22-5-3-2-4-6-22)20-11-13-23(14-12-20)31-18-26-27-15-16-30-26/h2-14,25H,15-18H2,1H3. The fourth-order valence-electron chi connectivity index (χ4n) is 3.91. The Morgan fingerprint density at radius 3 is 2.45 bits per heavy atom. The summed E-state index contributed by atoms with van der Waals surface area (Å²) >= 11 is 0. The van der Waals surface area contributed by atoms with Crippen molar-refractivity contribution in [2.75, 3.05) is 24.8 Å². The number of rotatable bonds is 6. The molecule has 3 aromatic rings. The minimum atomic E-state index is 0.173. The van der Waals surface area contributed by atoms with E-state index in [0.717, 1.165) is 35.7 Å². The molecule has 2 aliphatic rings. The van der Waals surface area contributed by atoms with Gasteiger partial charge >= 0.3 is 0 Å². The van der Waals surface area contributed by atoms with Gasteiger partial charge in [0.1, 0.15) is 12.4 Å². The Hall–Kier alpha value is -3.60. The van der Waals surface area contributed by atoms with E-state index in [1.807, 2.05) is 18.2 Å². The number of ether oxygens (including phenoxy) is 2. The third-order valence-corrected chi connectivity index (χ3v) is 5.59. The summed E-state index contributed by atoms with van der Waals surface area (Å²) in [5.74, 6) is 1.47. The lowest BCUT2D eigenvalue weighted by Crippen LogP contribution is -2.18. The topological polar surface area (TPSA) is 46.4 Å². The molecule has 3 aromatic carbocycles. The molecule has 0 spiro atoms. The first-order valence-corrected chi connectivity index (χ1v) is 10.6. The normalized spacial score (nSPS) is 17.8. The lowest BCUT2D eigenvalue weighted by molar-refractivity contribution is 0.293. The summed E-state index contributed by atoms with van der Waals surface area (Å²) in [6, 6.07) is 27.4. The molecule has 2 heterocycles. The molecule has 2 aliphatic heterocycles. The van der Waals surface area contributed by atoms with E-state index in [1.165, 1.54) is 11.1 Å². The van der Waals surface area contributed by atoms with Crippen LogP contribution >= 0.6 is 0 Å². The van der Waals surface area contributed by atoms with Crippen LogP contribution in [0.1, 0.15) is 29.2 Å². The van der Waals surface area contributed by atoms with Gasteiger partial charge in [0.15, 0.2) is 6.61 Å². The molecular formula is C26H25N3O2. The molecular weight excluding hydrogens is 386 g/mol. The SMILES string of the molecule is Cc1ccc(C2CC(c3ccc(OCC4=NCCO4)cc3)=NN2c2ccccc2)cc1. The number of aryl methyl sites for hydroxylation is 1. The van der Waals surface area contributed by atoms with Crippen LogP contribution in [0.2, 0.25) is 0 Å². The third kappa shape index (κ3) is 4.31. The first-order valence-electron chi connectivity index (χ1n) is 10.6. The van der Waals surface area contributed by atoms with Gasteiger partial charge in [-0.15, -0.1) is 0 Å². The van der Waals surface area contributed by atoms with Crippen molar-refractivity contribution in [3.05, 3.63) is 95.6 Å². The molecule has 5 heteroatoms. The van der Waals surface area contributed by atoms with Gasteiger partial charge in [-0.05, 0) is 54.4 Å². The van der Waals surface area contributed by atoms with Crippen molar-refractivity contribution in [2.45, 2.75) is 19.4 Å². The Morgan fingerprint density at radius 1 is 0.968 bits per heavy atom.